The fourth-order valence-electron chi connectivity index (χ4n) is 3.25. The van der Waals surface area contributed by atoms with E-state index in [-0.39, 0.29) is 12.5 Å². The Balaban J connectivity index is 1.82. The van der Waals surface area contributed by atoms with Crippen molar-refractivity contribution in [1.29, 1.82) is 0 Å². The Labute approximate surface area is 197 Å². The zero-order valence-corrected chi connectivity index (χ0v) is 19.5. The zero-order chi connectivity index (χ0) is 23.3. The summed E-state index contributed by atoms with van der Waals surface area (Å²) < 4.78 is 10.3. The Morgan fingerprint density at radius 1 is 1.16 bits per heavy atom. The summed E-state index contributed by atoms with van der Waals surface area (Å²) in [4.78, 5) is 27.0. The molecule has 0 saturated heterocycles. The van der Waals surface area contributed by atoms with Crippen molar-refractivity contribution in [2.45, 2.75) is 13.0 Å². The van der Waals surface area contributed by atoms with Crippen molar-refractivity contribution in [1.82, 2.24) is 10.2 Å². The van der Waals surface area contributed by atoms with Gasteiger partial charge in [-0.3, -0.25) is 4.79 Å². The Bertz CT molecular complexity index is 1060. The maximum absolute atomic E-state index is 12.8. The summed E-state index contributed by atoms with van der Waals surface area (Å²) in [7, 11) is 3.33. The quantitative estimate of drug-likeness (QED) is 0.358. The molecule has 3 rings (SSSR count). The van der Waals surface area contributed by atoms with Crippen LogP contribution < -0.4 is 10.6 Å². The van der Waals surface area contributed by atoms with Crippen molar-refractivity contribution in [3.63, 3.8) is 0 Å². The second kappa shape index (κ2) is 10.6. The summed E-state index contributed by atoms with van der Waals surface area (Å²) in [6.45, 7) is 2.29. The maximum atomic E-state index is 12.8. The molecule has 1 aliphatic heterocycles. The van der Waals surface area contributed by atoms with E-state index in [1.165, 1.54) is 0 Å². The van der Waals surface area contributed by atoms with Gasteiger partial charge in [0.05, 0.1) is 28.8 Å². The van der Waals surface area contributed by atoms with Gasteiger partial charge in [-0.05, 0) is 49.0 Å². The van der Waals surface area contributed by atoms with Gasteiger partial charge in [-0.1, -0.05) is 35.9 Å². The lowest BCUT2D eigenvalue weighted by Gasteiger charge is -2.35. The smallest absolute Gasteiger partial charge is 0.338 e. The number of hydrogen-bond donors (Lipinski definition) is 2. The van der Waals surface area contributed by atoms with Crippen molar-refractivity contribution in [2.75, 3.05) is 32.7 Å². The molecule has 0 radical (unpaired) electrons. The minimum Gasteiger partial charge on any atom is -0.460 e. The largest absolute Gasteiger partial charge is 0.460 e. The molecule has 1 aliphatic rings. The highest BCUT2D eigenvalue weighted by Gasteiger charge is 2.33. The number of benzene rings is 2. The molecular weight excluding hydrogens is 450 g/mol. The van der Waals surface area contributed by atoms with Crippen LogP contribution in [0.25, 0.3) is 0 Å². The lowest BCUT2D eigenvalue weighted by molar-refractivity contribution is -0.140. The van der Waals surface area contributed by atoms with Gasteiger partial charge in [0.2, 0.25) is 0 Å². The van der Waals surface area contributed by atoms with E-state index in [0.29, 0.717) is 39.3 Å². The first-order valence-electron chi connectivity index (χ1n) is 9.90. The molecule has 0 bridgehead atoms. The number of thiocarbonyl (C=S) groups is 1. The van der Waals surface area contributed by atoms with Crippen molar-refractivity contribution < 1.29 is 19.1 Å². The monoisotopic (exact) mass is 473 g/mol. The van der Waals surface area contributed by atoms with Crippen LogP contribution in [0.2, 0.25) is 5.02 Å². The maximum Gasteiger partial charge on any atom is 0.338 e. The van der Waals surface area contributed by atoms with Gasteiger partial charge in [-0.15, -0.1) is 0 Å². The minimum absolute atomic E-state index is 0.153. The highest BCUT2D eigenvalue weighted by atomic mass is 35.5. The normalized spacial score (nSPS) is 15.9. The topological polar surface area (TPSA) is 79.9 Å². The molecule has 0 aliphatic carbocycles. The fraction of sp³-hybridized carbons (Fsp3) is 0.261. The van der Waals surface area contributed by atoms with Gasteiger partial charge in [0.15, 0.2) is 5.11 Å². The number of esters is 1. The van der Waals surface area contributed by atoms with Gasteiger partial charge in [-0.2, -0.15) is 0 Å². The Morgan fingerprint density at radius 2 is 1.84 bits per heavy atom. The number of ether oxygens (including phenoxy) is 2. The third kappa shape index (κ3) is 5.27. The highest BCUT2D eigenvalue weighted by molar-refractivity contribution is 7.80. The molecule has 0 fully saturated rings. The molecule has 2 aromatic rings. The van der Waals surface area contributed by atoms with Crippen molar-refractivity contribution in [2.24, 2.45) is 0 Å². The molecule has 0 aromatic heterocycles. The first kappa shape index (κ1) is 23.7. The number of nitrogens with one attached hydrogen (secondary N) is 2. The molecule has 1 heterocycles. The van der Waals surface area contributed by atoms with Gasteiger partial charge in [0.1, 0.15) is 6.61 Å². The number of hydrogen-bond acceptors (Lipinski definition) is 5. The summed E-state index contributed by atoms with van der Waals surface area (Å²) in [5.41, 5.74) is 2.95. The summed E-state index contributed by atoms with van der Waals surface area (Å²) in [6, 6.07) is 13.5. The molecule has 0 spiro atoms. The van der Waals surface area contributed by atoms with Crippen LogP contribution in [0.4, 0.5) is 5.69 Å². The van der Waals surface area contributed by atoms with Gasteiger partial charge < -0.3 is 25.0 Å². The average molecular weight is 474 g/mol. The van der Waals surface area contributed by atoms with Crippen LogP contribution in [0.15, 0.2) is 59.8 Å². The fourth-order valence-corrected chi connectivity index (χ4v) is 3.72. The molecule has 32 heavy (non-hydrogen) atoms. The van der Waals surface area contributed by atoms with Crippen LogP contribution >= 0.6 is 23.8 Å². The Kier molecular flexibility index (Phi) is 7.84. The molecule has 7 nitrogen and oxygen atoms in total. The van der Waals surface area contributed by atoms with Crippen molar-refractivity contribution in [3.8, 4) is 0 Å². The van der Waals surface area contributed by atoms with Crippen LogP contribution in [0.3, 0.4) is 0 Å². The van der Waals surface area contributed by atoms with E-state index >= 15 is 0 Å². The number of carbonyl (C=O) groups excluding carboxylic acids is 2. The average Bonchev–Trinajstić information content (AvgIpc) is 2.78. The number of amides is 1. The Morgan fingerprint density at radius 3 is 2.50 bits per heavy atom. The molecule has 1 unspecified atom stereocenters. The van der Waals surface area contributed by atoms with Crippen LogP contribution in [0.5, 0.6) is 0 Å². The first-order valence-corrected chi connectivity index (χ1v) is 10.7. The molecular formula is C23H24ClN3O4S. The van der Waals surface area contributed by atoms with E-state index in [9.17, 15) is 9.59 Å². The summed E-state index contributed by atoms with van der Waals surface area (Å²) in [6.07, 6.45) is 0. The predicted molar refractivity (Wildman–Crippen MR) is 128 cm³/mol. The second-order valence-corrected chi connectivity index (χ2v) is 7.92. The van der Waals surface area contributed by atoms with Crippen molar-refractivity contribution >= 4 is 46.5 Å². The van der Waals surface area contributed by atoms with Gasteiger partial charge in [-0.25, -0.2) is 4.79 Å². The highest BCUT2D eigenvalue weighted by Crippen LogP contribution is 2.31. The number of methoxy groups -OCH3 is 1. The molecule has 9 heteroatoms. The van der Waals surface area contributed by atoms with Crippen LogP contribution in [-0.2, 0) is 14.3 Å². The van der Waals surface area contributed by atoms with Crippen LogP contribution in [0.1, 0.15) is 28.9 Å². The standard InChI is InChI=1S/C23H24ClN3O4S/c1-14-19(22(29)31-13-12-30-3)20(26-23(32)27(14)2)15-8-10-16(11-9-15)25-21(28)17-6-4-5-7-18(17)24/h4-11,20H,12-13H2,1-3H3,(H,25,28)(H,26,32). The van der Waals surface area contributed by atoms with E-state index in [1.807, 2.05) is 19.1 Å². The molecule has 1 atom stereocenters. The molecule has 0 saturated carbocycles. The number of halogens is 1. The molecule has 2 N–H and O–H groups in total. The SMILES string of the molecule is COCCOC(=O)C1=C(C)N(C)C(=S)NC1c1ccc(NC(=O)c2ccccc2Cl)cc1. The number of anilines is 1. The van der Waals surface area contributed by atoms with E-state index < -0.39 is 12.0 Å². The van der Waals surface area contributed by atoms with Crippen LogP contribution in [-0.4, -0.2) is 49.3 Å². The third-order valence-corrected chi connectivity index (χ3v) is 5.84. The predicted octanol–water partition coefficient (Wildman–Crippen LogP) is 3.92. The number of carbonyl (C=O) groups is 2. The van der Waals surface area contributed by atoms with Crippen molar-refractivity contribution in [3.05, 3.63) is 76.0 Å². The van der Waals surface area contributed by atoms with E-state index in [2.05, 4.69) is 10.6 Å². The van der Waals surface area contributed by atoms with E-state index in [1.54, 1.807) is 55.5 Å². The lowest BCUT2D eigenvalue weighted by atomic mass is 9.95. The van der Waals surface area contributed by atoms with Crippen LogP contribution in [0, 0.1) is 0 Å². The lowest BCUT2D eigenvalue weighted by Crippen LogP contribution is -2.46. The second-order valence-electron chi connectivity index (χ2n) is 7.13. The van der Waals surface area contributed by atoms with Gasteiger partial charge in [0, 0.05) is 25.5 Å². The number of nitrogens with zero attached hydrogens (tertiary/aromatic N) is 1. The zero-order valence-electron chi connectivity index (χ0n) is 18.0. The van der Waals surface area contributed by atoms with Gasteiger partial charge in [0.25, 0.3) is 5.91 Å². The van der Waals surface area contributed by atoms with E-state index in [0.717, 1.165) is 5.56 Å². The molecule has 2 aromatic carbocycles. The van der Waals surface area contributed by atoms with E-state index in [4.69, 9.17) is 33.3 Å². The minimum atomic E-state index is -0.484. The third-order valence-electron chi connectivity index (χ3n) is 5.11. The summed E-state index contributed by atoms with van der Waals surface area (Å²) >= 11 is 11.5. The molecule has 1 amide bonds. The molecule has 168 valence electrons. The first-order chi connectivity index (χ1) is 15.3. The van der Waals surface area contributed by atoms with Gasteiger partial charge >= 0.3 is 5.97 Å². The number of rotatable bonds is 7. The number of allylic oxidation sites excluding steroid dienone is 1. The Hall–Kier alpha value is -2.94. The summed E-state index contributed by atoms with van der Waals surface area (Å²) in [5, 5.41) is 6.89. The summed E-state index contributed by atoms with van der Waals surface area (Å²) in [5.74, 6) is -0.748.